The number of hydrogen-bond donors (Lipinski definition) is 2. The zero-order valence-corrected chi connectivity index (χ0v) is 16.2. The number of fused-ring (bicyclic) bond motifs is 1. The van der Waals surface area contributed by atoms with Crippen molar-refractivity contribution in [2.75, 3.05) is 13.7 Å². The van der Waals surface area contributed by atoms with Crippen molar-refractivity contribution in [1.82, 2.24) is 15.4 Å². The molecule has 2 amide bonds. The minimum Gasteiger partial charge on any atom is -0.497 e. The Bertz CT molecular complexity index is 953. The normalized spacial score (nSPS) is 10.4. The van der Waals surface area contributed by atoms with E-state index in [4.69, 9.17) is 9.47 Å². The monoisotopic (exact) mass is 431 g/mol. The van der Waals surface area contributed by atoms with Crippen molar-refractivity contribution in [3.8, 4) is 11.5 Å². The predicted molar refractivity (Wildman–Crippen MR) is 104 cm³/mol. The maximum atomic E-state index is 12.1. The molecule has 0 saturated carbocycles. The van der Waals surface area contributed by atoms with Gasteiger partial charge in [-0.05, 0) is 48.5 Å². The van der Waals surface area contributed by atoms with Gasteiger partial charge in [-0.15, -0.1) is 0 Å². The fourth-order valence-corrected chi connectivity index (χ4v) is 2.76. The van der Waals surface area contributed by atoms with E-state index in [-0.39, 0.29) is 19.1 Å². The minimum absolute atomic E-state index is 0.0731. The first-order chi connectivity index (χ1) is 13.0. The van der Waals surface area contributed by atoms with Crippen LogP contribution in [0.5, 0.6) is 11.5 Å². The van der Waals surface area contributed by atoms with E-state index in [1.807, 2.05) is 42.6 Å². The molecule has 8 heteroatoms. The Morgan fingerprint density at radius 2 is 1.70 bits per heavy atom. The van der Waals surface area contributed by atoms with Crippen molar-refractivity contribution in [1.29, 1.82) is 0 Å². The first kappa shape index (κ1) is 18.8. The summed E-state index contributed by atoms with van der Waals surface area (Å²) in [5, 5.41) is 0.967. The third kappa shape index (κ3) is 5.01. The number of hydrazine groups is 1. The van der Waals surface area contributed by atoms with Crippen LogP contribution in [0.15, 0.2) is 59.2 Å². The third-order valence-electron chi connectivity index (χ3n) is 3.82. The van der Waals surface area contributed by atoms with E-state index in [0.717, 1.165) is 21.1 Å². The summed E-state index contributed by atoms with van der Waals surface area (Å²) in [5.41, 5.74) is 5.62. The number of hydrogen-bond acceptors (Lipinski definition) is 4. The molecule has 0 aliphatic heterocycles. The average Bonchev–Trinajstić information content (AvgIpc) is 3.07. The number of rotatable bonds is 6. The second-order valence-corrected chi connectivity index (χ2v) is 6.62. The SMILES string of the molecule is COc1ccc2c(ccn2CC(=O)NNC(=O)COc2ccc(Br)cc2)c1. The summed E-state index contributed by atoms with van der Waals surface area (Å²) < 4.78 is 13.2. The summed E-state index contributed by atoms with van der Waals surface area (Å²) in [5.74, 6) is 0.519. The highest BCUT2D eigenvalue weighted by atomic mass is 79.9. The third-order valence-corrected chi connectivity index (χ3v) is 4.35. The van der Waals surface area contributed by atoms with Gasteiger partial charge in [-0.2, -0.15) is 0 Å². The molecule has 0 atom stereocenters. The number of ether oxygens (including phenoxy) is 2. The van der Waals surface area contributed by atoms with Crippen LogP contribution in [0, 0.1) is 0 Å². The zero-order valence-electron chi connectivity index (χ0n) is 14.6. The Labute approximate surface area is 164 Å². The van der Waals surface area contributed by atoms with E-state index in [2.05, 4.69) is 26.8 Å². The maximum Gasteiger partial charge on any atom is 0.276 e. The van der Waals surface area contributed by atoms with Gasteiger partial charge in [-0.25, -0.2) is 0 Å². The molecule has 0 spiro atoms. The molecule has 27 heavy (non-hydrogen) atoms. The van der Waals surface area contributed by atoms with Crippen molar-refractivity contribution in [2.45, 2.75) is 6.54 Å². The highest BCUT2D eigenvalue weighted by Gasteiger charge is 2.09. The van der Waals surface area contributed by atoms with Gasteiger partial charge >= 0.3 is 0 Å². The second-order valence-electron chi connectivity index (χ2n) is 5.71. The molecule has 0 unspecified atom stereocenters. The molecule has 0 aliphatic carbocycles. The number of methoxy groups -OCH3 is 1. The van der Waals surface area contributed by atoms with Gasteiger partial charge in [0.05, 0.1) is 7.11 Å². The molecule has 140 valence electrons. The molecule has 7 nitrogen and oxygen atoms in total. The summed E-state index contributed by atoms with van der Waals surface area (Å²) >= 11 is 3.32. The van der Waals surface area contributed by atoms with Crippen molar-refractivity contribution >= 4 is 38.6 Å². The summed E-state index contributed by atoms with van der Waals surface area (Å²) in [6, 6.07) is 14.6. The lowest BCUT2D eigenvalue weighted by atomic mass is 10.2. The molecule has 3 rings (SSSR count). The zero-order chi connectivity index (χ0) is 19.2. The van der Waals surface area contributed by atoms with Crippen molar-refractivity contribution < 1.29 is 19.1 Å². The summed E-state index contributed by atoms with van der Waals surface area (Å²) in [6.07, 6.45) is 1.81. The van der Waals surface area contributed by atoms with Crippen LogP contribution in [0.25, 0.3) is 10.9 Å². The van der Waals surface area contributed by atoms with Crippen LogP contribution >= 0.6 is 15.9 Å². The molecular weight excluding hydrogens is 414 g/mol. The quantitative estimate of drug-likeness (QED) is 0.587. The average molecular weight is 432 g/mol. The molecule has 1 heterocycles. The fourth-order valence-electron chi connectivity index (χ4n) is 2.49. The molecular formula is C19H18BrN3O4. The fraction of sp³-hybridized carbons (Fsp3) is 0.158. The van der Waals surface area contributed by atoms with E-state index in [1.165, 1.54) is 0 Å². The Balaban J connectivity index is 1.48. The van der Waals surface area contributed by atoms with Crippen LogP contribution in [0.2, 0.25) is 0 Å². The van der Waals surface area contributed by atoms with Gasteiger partial charge in [0.25, 0.3) is 11.8 Å². The standard InChI is InChI=1S/C19H18BrN3O4/c1-26-16-6-7-17-13(10-16)8-9-23(17)11-18(24)21-22-19(25)12-27-15-4-2-14(20)3-5-15/h2-10H,11-12H2,1H3,(H,21,24)(H,22,25). The number of nitrogens with zero attached hydrogens (tertiary/aromatic N) is 1. The Hall–Kier alpha value is -3.00. The highest BCUT2D eigenvalue weighted by Crippen LogP contribution is 2.21. The van der Waals surface area contributed by atoms with Crippen molar-refractivity contribution in [2.24, 2.45) is 0 Å². The molecule has 1 aromatic heterocycles. The summed E-state index contributed by atoms with van der Waals surface area (Å²) in [7, 11) is 1.61. The van der Waals surface area contributed by atoms with Crippen LogP contribution < -0.4 is 20.3 Å². The number of aromatic nitrogens is 1. The number of carbonyl (C=O) groups is 2. The molecule has 0 saturated heterocycles. The number of benzene rings is 2. The van der Waals surface area contributed by atoms with Crippen LogP contribution in [-0.4, -0.2) is 30.1 Å². The predicted octanol–water partition coefficient (Wildman–Crippen LogP) is 2.64. The Kier molecular flexibility index (Phi) is 5.97. The minimum atomic E-state index is -0.451. The van der Waals surface area contributed by atoms with Crippen LogP contribution in [0.1, 0.15) is 0 Å². The van der Waals surface area contributed by atoms with Gasteiger partial charge in [0.15, 0.2) is 6.61 Å². The number of halogens is 1. The van der Waals surface area contributed by atoms with Gasteiger partial charge in [0.1, 0.15) is 18.0 Å². The van der Waals surface area contributed by atoms with E-state index in [0.29, 0.717) is 5.75 Å². The molecule has 3 aromatic rings. The topological polar surface area (TPSA) is 81.6 Å². The second kappa shape index (κ2) is 8.59. The number of amides is 2. The molecule has 0 radical (unpaired) electrons. The van der Waals surface area contributed by atoms with E-state index < -0.39 is 5.91 Å². The molecule has 0 bridgehead atoms. The van der Waals surface area contributed by atoms with Gasteiger partial charge < -0.3 is 14.0 Å². The highest BCUT2D eigenvalue weighted by molar-refractivity contribution is 9.10. The Morgan fingerprint density at radius 3 is 2.44 bits per heavy atom. The lowest BCUT2D eigenvalue weighted by molar-refractivity contribution is -0.130. The summed E-state index contributed by atoms with van der Waals surface area (Å²) in [6.45, 7) is -0.127. The number of nitrogens with one attached hydrogen (secondary N) is 2. The first-order valence-corrected chi connectivity index (χ1v) is 8.93. The van der Waals surface area contributed by atoms with E-state index >= 15 is 0 Å². The largest absolute Gasteiger partial charge is 0.497 e. The van der Waals surface area contributed by atoms with Crippen LogP contribution in [0.3, 0.4) is 0 Å². The number of carbonyl (C=O) groups excluding carboxylic acids is 2. The van der Waals surface area contributed by atoms with E-state index in [9.17, 15) is 9.59 Å². The van der Waals surface area contributed by atoms with Crippen molar-refractivity contribution in [3.63, 3.8) is 0 Å². The van der Waals surface area contributed by atoms with Crippen LogP contribution in [-0.2, 0) is 16.1 Å². The first-order valence-electron chi connectivity index (χ1n) is 8.14. The summed E-state index contributed by atoms with van der Waals surface area (Å²) in [4.78, 5) is 23.9. The molecule has 0 aliphatic rings. The lowest BCUT2D eigenvalue weighted by Gasteiger charge is -2.10. The van der Waals surface area contributed by atoms with Gasteiger partial charge in [-0.3, -0.25) is 20.4 Å². The van der Waals surface area contributed by atoms with Crippen molar-refractivity contribution in [3.05, 3.63) is 59.2 Å². The molecule has 2 aromatic carbocycles. The lowest BCUT2D eigenvalue weighted by Crippen LogP contribution is -2.45. The van der Waals surface area contributed by atoms with Gasteiger partial charge in [0, 0.05) is 21.6 Å². The van der Waals surface area contributed by atoms with Crippen LogP contribution in [0.4, 0.5) is 0 Å². The Morgan fingerprint density at radius 1 is 1.00 bits per heavy atom. The molecule has 2 N–H and O–H groups in total. The smallest absolute Gasteiger partial charge is 0.276 e. The van der Waals surface area contributed by atoms with Gasteiger partial charge in [0.2, 0.25) is 0 Å². The van der Waals surface area contributed by atoms with E-state index in [1.54, 1.807) is 23.8 Å². The molecule has 0 fully saturated rings. The van der Waals surface area contributed by atoms with Gasteiger partial charge in [-0.1, -0.05) is 15.9 Å². The maximum absolute atomic E-state index is 12.1.